The number of carbonyl (C=O) groups is 1. The Morgan fingerprint density at radius 1 is 1.50 bits per heavy atom. The van der Waals surface area contributed by atoms with E-state index in [9.17, 15) is 9.90 Å². The molecule has 0 saturated heterocycles. The van der Waals surface area contributed by atoms with Gasteiger partial charge in [0.1, 0.15) is 11.3 Å². The van der Waals surface area contributed by atoms with Gasteiger partial charge >= 0.3 is 5.97 Å². The molecule has 4 heteroatoms. The van der Waals surface area contributed by atoms with Crippen LogP contribution in [0.3, 0.4) is 0 Å². The van der Waals surface area contributed by atoms with Crippen molar-refractivity contribution in [1.82, 2.24) is 0 Å². The van der Waals surface area contributed by atoms with E-state index in [1.54, 1.807) is 13.0 Å². The van der Waals surface area contributed by atoms with Crippen LogP contribution >= 0.6 is 12.6 Å². The van der Waals surface area contributed by atoms with Gasteiger partial charge in [-0.1, -0.05) is 0 Å². The Kier molecular flexibility index (Phi) is 2.28. The minimum absolute atomic E-state index is 0.0923. The molecule has 0 aliphatic rings. The second kappa shape index (κ2) is 3.06. The van der Waals surface area contributed by atoms with Crippen molar-refractivity contribution in [2.24, 2.45) is 0 Å². The highest BCUT2D eigenvalue weighted by Crippen LogP contribution is 2.26. The van der Waals surface area contributed by atoms with Gasteiger partial charge in [-0.15, -0.1) is 12.6 Å². The van der Waals surface area contributed by atoms with Crippen molar-refractivity contribution in [2.45, 2.75) is 11.8 Å². The Hall–Kier alpha value is -1.16. The molecule has 0 unspecified atom stereocenters. The number of aromatic hydroxyl groups is 1. The van der Waals surface area contributed by atoms with Crippen molar-refractivity contribution in [1.29, 1.82) is 0 Å². The summed E-state index contributed by atoms with van der Waals surface area (Å²) in [4.78, 5) is 11.1. The van der Waals surface area contributed by atoms with Crippen LogP contribution in [0.15, 0.2) is 17.0 Å². The number of hydrogen-bond donors (Lipinski definition) is 3. The van der Waals surface area contributed by atoms with E-state index < -0.39 is 5.97 Å². The molecule has 64 valence electrons. The van der Waals surface area contributed by atoms with Crippen LogP contribution in [0.5, 0.6) is 5.75 Å². The average molecular weight is 184 g/mol. The van der Waals surface area contributed by atoms with Gasteiger partial charge in [-0.2, -0.15) is 0 Å². The fourth-order valence-electron chi connectivity index (χ4n) is 0.862. The molecule has 0 radical (unpaired) electrons. The summed E-state index contributed by atoms with van der Waals surface area (Å²) in [5.41, 5.74) is 0.392. The quantitative estimate of drug-likeness (QED) is 0.582. The molecule has 0 fully saturated rings. The minimum atomic E-state index is -1.14. The zero-order valence-electron chi connectivity index (χ0n) is 6.40. The number of phenols is 1. The molecule has 0 atom stereocenters. The molecule has 2 N–H and O–H groups in total. The number of carboxylic acid groups (broad SMARTS) is 1. The number of rotatable bonds is 1. The number of carboxylic acids is 1. The van der Waals surface area contributed by atoms with Gasteiger partial charge in [0.25, 0.3) is 0 Å². The summed E-state index contributed by atoms with van der Waals surface area (Å²) in [6.45, 7) is 1.62. The van der Waals surface area contributed by atoms with Crippen molar-refractivity contribution in [3.05, 3.63) is 23.3 Å². The monoisotopic (exact) mass is 184 g/mol. The molecule has 12 heavy (non-hydrogen) atoms. The first kappa shape index (κ1) is 8.93. The van der Waals surface area contributed by atoms with Crippen LogP contribution in [0.2, 0.25) is 0 Å². The topological polar surface area (TPSA) is 57.5 Å². The third-order valence-electron chi connectivity index (χ3n) is 1.63. The SMILES string of the molecule is Cc1c(S)ccc(C(=O)O)c1O. The first-order valence-corrected chi connectivity index (χ1v) is 3.73. The van der Waals surface area contributed by atoms with Crippen LogP contribution in [0, 0.1) is 6.92 Å². The second-order valence-electron chi connectivity index (χ2n) is 2.41. The number of benzene rings is 1. The van der Waals surface area contributed by atoms with Gasteiger partial charge in [-0.25, -0.2) is 4.79 Å². The van der Waals surface area contributed by atoms with Gasteiger partial charge < -0.3 is 10.2 Å². The second-order valence-corrected chi connectivity index (χ2v) is 2.89. The Bertz CT molecular complexity index is 333. The fourth-order valence-corrected chi connectivity index (χ4v) is 1.04. The zero-order chi connectivity index (χ0) is 9.30. The van der Waals surface area contributed by atoms with E-state index in [0.29, 0.717) is 10.5 Å². The standard InChI is InChI=1S/C8H8O3S/c1-4-6(12)3-2-5(7(4)9)8(10)11/h2-3,9,12H,1H3,(H,10,11). The van der Waals surface area contributed by atoms with Crippen LogP contribution in [0.1, 0.15) is 15.9 Å². The summed E-state index contributed by atoms with van der Waals surface area (Å²) in [6, 6.07) is 2.87. The summed E-state index contributed by atoms with van der Waals surface area (Å²) < 4.78 is 0. The predicted molar refractivity (Wildman–Crippen MR) is 47.1 cm³/mol. The lowest BCUT2D eigenvalue weighted by atomic mass is 10.1. The molecule has 0 spiro atoms. The third kappa shape index (κ3) is 1.38. The largest absolute Gasteiger partial charge is 0.507 e. The van der Waals surface area contributed by atoms with E-state index in [1.165, 1.54) is 6.07 Å². The maximum absolute atomic E-state index is 10.5. The Morgan fingerprint density at radius 3 is 2.58 bits per heavy atom. The summed E-state index contributed by atoms with van der Waals surface area (Å²) in [5, 5.41) is 17.9. The lowest BCUT2D eigenvalue weighted by Gasteiger charge is -2.04. The molecule has 0 aliphatic heterocycles. The molecule has 1 aromatic carbocycles. The summed E-state index contributed by atoms with van der Waals surface area (Å²) in [7, 11) is 0. The molecular weight excluding hydrogens is 176 g/mol. The number of thiol groups is 1. The Morgan fingerprint density at radius 2 is 2.08 bits per heavy atom. The van der Waals surface area contributed by atoms with Crippen LogP contribution in [-0.2, 0) is 0 Å². The highest BCUT2D eigenvalue weighted by atomic mass is 32.1. The van der Waals surface area contributed by atoms with Crippen LogP contribution in [-0.4, -0.2) is 16.2 Å². The van der Waals surface area contributed by atoms with Gasteiger partial charge in [-0.3, -0.25) is 0 Å². The van der Waals surface area contributed by atoms with Crippen molar-refractivity contribution >= 4 is 18.6 Å². The van der Waals surface area contributed by atoms with Crippen molar-refractivity contribution in [3.63, 3.8) is 0 Å². The lowest BCUT2D eigenvalue weighted by Crippen LogP contribution is -1.97. The molecule has 0 amide bonds. The van der Waals surface area contributed by atoms with Gasteiger partial charge in [0.2, 0.25) is 0 Å². The van der Waals surface area contributed by atoms with Crippen LogP contribution in [0.25, 0.3) is 0 Å². The third-order valence-corrected chi connectivity index (χ3v) is 2.12. The maximum Gasteiger partial charge on any atom is 0.339 e. The highest BCUT2D eigenvalue weighted by Gasteiger charge is 2.12. The van der Waals surface area contributed by atoms with Gasteiger partial charge in [0.15, 0.2) is 0 Å². The van der Waals surface area contributed by atoms with Crippen molar-refractivity contribution < 1.29 is 15.0 Å². The van der Waals surface area contributed by atoms with E-state index in [4.69, 9.17) is 5.11 Å². The summed E-state index contributed by atoms with van der Waals surface area (Å²) in [5.74, 6) is -1.35. The fraction of sp³-hybridized carbons (Fsp3) is 0.125. The van der Waals surface area contributed by atoms with E-state index in [2.05, 4.69) is 12.6 Å². The van der Waals surface area contributed by atoms with E-state index in [0.717, 1.165) is 0 Å². The molecule has 0 heterocycles. The van der Waals surface area contributed by atoms with E-state index >= 15 is 0 Å². The molecule has 3 nitrogen and oxygen atoms in total. The maximum atomic E-state index is 10.5. The first-order chi connectivity index (χ1) is 5.54. The normalized spacial score (nSPS) is 9.83. The molecule has 0 bridgehead atoms. The van der Waals surface area contributed by atoms with Gasteiger partial charge in [-0.05, 0) is 19.1 Å². The molecule has 1 rings (SSSR count). The van der Waals surface area contributed by atoms with E-state index in [-0.39, 0.29) is 11.3 Å². The van der Waals surface area contributed by atoms with Gasteiger partial charge in [0.05, 0.1) is 0 Å². The smallest absolute Gasteiger partial charge is 0.339 e. The average Bonchev–Trinajstić information content (AvgIpc) is 2.00. The predicted octanol–water partition coefficient (Wildman–Crippen LogP) is 1.69. The molecule has 0 aliphatic carbocycles. The molecule has 0 saturated carbocycles. The van der Waals surface area contributed by atoms with Gasteiger partial charge in [0, 0.05) is 10.5 Å². The van der Waals surface area contributed by atoms with Crippen LogP contribution in [0.4, 0.5) is 0 Å². The molecule has 0 aromatic heterocycles. The molecule has 1 aromatic rings. The summed E-state index contributed by atoms with van der Waals surface area (Å²) in [6.07, 6.45) is 0. The lowest BCUT2D eigenvalue weighted by molar-refractivity contribution is 0.0693. The molecular formula is C8H8O3S. The summed E-state index contributed by atoms with van der Waals surface area (Å²) >= 11 is 4.03. The van der Waals surface area contributed by atoms with Crippen molar-refractivity contribution in [3.8, 4) is 5.75 Å². The van der Waals surface area contributed by atoms with E-state index in [1.807, 2.05) is 0 Å². The van der Waals surface area contributed by atoms with Crippen molar-refractivity contribution in [2.75, 3.05) is 0 Å². The number of aromatic carboxylic acids is 1. The first-order valence-electron chi connectivity index (χ1n) is 3.29. The Labute approximate surface area is 75.1 Å². The zero-order valence-corrected chi connectivity index (χ0v) is 7.30. The van der Waals surface area contributed by atoms with Crippen LogP contribution < -0.4 is 0 Å². The Balaban J connectivity index is 3.36. The number of hydrogen-bond acceptors (Lipinski definition) is 3. The highest BCUT2D eigenvalue weighted by molar-refractivity contribution is 7.80. The minimum Gasteiger partial charge on any atom is -0.507 e.